The minimum Gasteiger partial charge on any atom is -0.465 e. The maximum Gasteiger partial charge on any atom is 0.407 e. The number of carbonyl (C=O) groups is 2. The molecule has 150 valence electrons. The van der Waals surface area contributed by atoms with E-state index in [4.69, 9.17) is 9.84 Å². The van der Waals surface area contributed by atoms with Crippen LogP contribution in [0.2, 0.25) is 0 Å². The van der Waals surface area contributed by atoms with E-state index in [-0.39, 0.29) is 12.8 Å². The minimum absolute atomic E-state index is 0.188. The van der Waals surface area contributed by atoms with E-state index in [9.17, 15) is 18.4 Å². The molecule has 1 saturated carbocycles. The molecule has 6 nitrogen and oxygen atoms in total. The van der Waals surface area contributed by atoms with E-state index < -0.39 is 42.2 Å². The van der Waals surface area contributed by atoms with Crippen molar-refractivity contribution < 1.29 is 28.2 Å². The van der Waals surface area contributed by atoms with Crippen molar-refractivity contribution in [2.45, 2.75) is 69.6 Å². The largest absolute Gasteiger partial charge is 0.465 e. The lowest BCUT2D eigenvalue weighted by Gasteiger charge is -2.38. The second kappa shape index (κ2) is 8.54. The molecule has 27 heavy (non-hydrogen) atoms. The van der Waals surface area contributed by atoms with Gasteiger partial charge in [-0.3, -0.25) is 0 Å². The third kappa shape index (κ3) is 6.37. The Labute approximate surface area is 157 Å². The summed E-state index contributed by atoms with van der Waals surface area (Å²) in [5.74, 6) is -3.22. The van der Waals surface area contributed by atoms with Gasteiger partial charge in [0, 0.05) is 6.42 Å². The molecule has 1 aromatic carbocycles. The van der Waals surface area contributed by atoms with Crippen LogP contribution in [0.3, 0.4) is 0 Å². The van der Waals surface area contributed by atoms with E-state index in [0.29, 0.717) is 12.8 Å². The highest BCUT2D eigenvalue weighted by Crippen LogP contribution is 2.34. The first-order valence-corrected chi connectivity index (χ1v) is 9.00. The van der Waals surface area contributed by atoms with Crippen LogP contribution >= 0.6 is 0 Å². The predicted molar refractivity (Wildman–Crippen MR) is 96.0 cm³/mol. The molecule has 0 aromatic heterocycles. The number of alkyl halides is 2. The Kier molecular flexibility index (Phi) is 6.62. The van der Waals surface area contributed by atoms with Crippen LogP contribution in [0, 0.1) is 0 Å². The van der Waals surface area contributed by atoms with Gasteiger partial charge in [0.15, 0.2) is 0 Å². The highest BCUT2D eigenvalue weighted by atomic mass is 19.3. The van der Waals surface area contributed by atoms with E-state index in [2.05, 4.69) is 5.32 Å². The lowest BCUT2D eigenvalue weighted by atomic mass is 9.87. The summed E-state index contributed by atoms with van der Waals surface area (Å²) in [7, 11) is 0. The average Bonchev–Trinajstić information content (AvgIpc) is 2.56. The van der Waals surface area contributed by atoms with E-state index in [1.165, 1.54) is 0 Å². The van der Waals surface area contributed by atoms with Gasteiger partial charge < -0.3 is 20.5 Å². The fourth-order valence-electron chi connectivity index (χ4n) is 3.24. The lowest BCUT2D eigenvalue weighted by molar-refractivity contribution is -0.0733. The summed E-state index contributed by atoms with van der Waals surface area (Å²) < 4.78 is 33.5. The predicted octanol–water partition coefficient (Wildman–Crippen LogP) is 3.95. The van der Waals surface area contributed by atoms with Crippen LogP contribution in [0.5, 0.6) is 0 Å². The van der Waals surface area contributed by atoms with Crippen molar-refractivity contribution >= 4 is 12.2 Å². The molecule has 2 amide bonds. The fraction of sp³-hybridized carbons (Fsp3) is 0.579. The highest BCUT2D eigenvalue weighted by Gasteiger charge is 2.48. The van der Waals surface area contributed by atoms with Gasteiger partial charge in [-0.1, -0.05) is 30.3 Å². The van der Waals surface area contributed by atoms with Gasteiger partial charge in [0.25, 0.3) is 5.92 Å². The van der Waals surface area contributed by atoms with Crippen LogP contribution in [0.4, 0.5) is 18.4 Å². The number of carbonyl (C=O) groups excluding carboxylic acids is 1. The van der Waals surface area contributed by atoms with Crippen LogP contribution in [-0.4, -0.2) is 40.9 Å². The number of amides is 2. The van der Waals surface area contributed by atoms with Crippen LogP contribution < -0.4 is 10.6 Å². The minimum atomic E-state index is -3.22. The van der Waals surface area contributed by atoms with Gasteiger partial charge in [-0.05, 0) is 45.1 Å². The van der Waals surface area contributed by atoms with E-state index in [1.807, 2.05) is 35.6 Å². The van der Waals surface area contributed by atoms with Gasteiger partial charge >= 0.3 is 12.2 Å². The van der Waals surface area contributed by atoms with Crippen LogP contribution in [-0.2, 0) is 11.2 Å². The van der Waals surface area contributed by atoms with Gasteiger partial charge in [0.05, 0.1) is 6.04 Å². The molecule has 0 spiro atoms. The second-order valence-corrected chi connectivity index (χ2v) is 7.47. The molecule has 2 atom stereocenters. The maximum absolute atomic E-state index is 14.1. The van der Waals surface area contributed by atoms with Gasteiger partial charge in [-0.15, -0.1) is 0 Å². The highest BCUT2D eigenvalue weighted by molar-refractivity contribution is 5.69. The van der Waals surface area contributed by atoms with Gasteiger partial charge in [0.1, 0.15) is 11.6 Å². The van der Waals surface area contributed by atoms with Crippen LogP contribution in [0.15, 0.2) is 30.3 Å². The summed E-state index contributed by atoms with van der Waals surface area (Å²) in [6.45, 7) is 3.50. The van der Waals surface area contributed by atoms with Gasteiger partial charge in [0.2, 0.25) is 0 Å². The summed E-state index contributed by atoms with van der Waals surface area (Å²) in [6, 6.07) is 7.01. The standard InChI is InChI=1S/C19H26F2N2O4/c1-18(2,12-10-13-7-4-3-5-8-13)27-17(26)22-14-9-6-11-19(20,21)15(14)23-16(24)25/h3-5,7-8,14-15,23H,6,9-12H2,1-2H3,(H,22,26)(H,24,25)/t14-,15-/m1/s1. The molecule has 0 radical (unpaired) electrons. The molecule has 0 unspecified atom stereocenters. The number of alkyl carbamates (subject to hydrolysis) is 1. The fourth-order valence-corrected chi connectivity index (χ4v) is 3.24. The van der Waals surface area contributed by atoms with Crippen molar-refractivity contribution in [1.82, 2.24) is 10.6 Å². The number of ether oxygens (including phenoxy) is 1. The Morgan fingerprint density at radius 2 is 1.93 bits per heavy atom. The maximum atomic E-state index is 14.1. The Hall–Kier alpha value is -2.38. The molecular weight excluding hydrogens is 358 g/mol. The molecule has 0 saturated heterocycles. The second-order valence-electron chi connectivity index (χ2n) is 7.47. The summed E-state index contributed by atoms with van der Waals surface area (Å²) in [6.07, 6.45) is -1.10. The average molecular weight is 384 g/mol. The monoisotopic (exact) mass is 384 g/mol. The molecule has 1 aliphatic rings. The number of halogens is 2. The van der Waals surface area contributed by atoms with Crippen molar-refractivity contribution in [3.05, 3.63) is 35.9 Å². The summed E-state index contributed by atoms with van der Waals surface area (Å²) in [5.41, 5.74) is 0.305. The first-order chi connectivity index (χ1) is 12.6. The van der Waals surface area contributed by atoms with E-state index in [1.54, 1.807) is 13.8 Å². The number of nitrogens with one attached hydrogen (secondary N) is 2. The Morgan fingerprint density at radius 1 is 1.26 bits per heavy atom. The molecule has 3 N–H and O–H groups in total. The molecule has 1 aliphatic carbocycles. The molecule has 0 aliphatic heterocycles. The smallest absolute Gasteiger partial charge is 0.407 e. The third-order valence-corrected chi connectivity index (χ3v) is 4.69. The number of aryl methyl sites for hydroxylation is 1. The number of hydrogen-bond donors (Lipinski definition) is 3. The number of hydrogen-bond acceptors (Lipinski definition) is 3. The number of benzene rings is 1. The van der Waals surface area contributed by atoms with Crippen molar-refractivity contribution in [2.24, 2.45) is 0 Å². The van der Waals surface area contributed by atoms with Crippen molar-refractivity contribution in [1.29, 1.82) is 0 Å². The number of rotatable bonds is 6. The Balaban J connectivity index is 1.93. The molecule has 1 aromatic rings. The van der Waals surface area contributed by atoms with Crippen LogP contribution in [0.1, 0.15) is 45.1 Å². The zero-order valence-electron chi connectivity index (χ0n) is 15.5. The number of carboxylic acid groups (broad SMARTS) is 1. The molecule has 0 heterocycles. The van der Waals surface area contributed by atoms with Gasteiger partial charge in [-0.2, -0.15) is 0 Å². The molecule has 1 fully saturated rings. The molecule has 0 bridgehead atoms. The molecule has 2 rings (SSSR count). The van der Waals surface area contributed by atoms with Gasteiger partial charge in [-0.25, -0.2) is 18.4 Å². The zero-order chi connectivity index (χ0) is 20.1. The van der Waals surface area contributed by atoms with Crippen molar-refractivity contribution in [3.63, 3.8) is 0 Å². The van der Waals surface area contributed by atoms with Crippen LogP contribution in [0.25, 0.3) is 0 Å². The first-order valence-electron chi connectivity index (χ1n) is 9.00. The first kappa shape index (κ1) is 20.9. The van der Waals surface area contributed by atoms with Crippen molar-refractivity contribution in [3.8, 4) is 0 Å². The SMILES string of the molecule is CC(C)(CCc1ccccc1)OC(=O)N[C@@H]1CCCC(F)(F)[C@@H]1NC(=O)O. The quantitative estimate of drug-likeness (QED) is 0.693. The third-order valence-electron chi connectivity index (χ3n) is 4.69. The summed E-state index contributed by atoms with van der Waals surface area (Å²) in [4.78, 5) is 23.1. The van der Waals surface area contributed by atoms with Crippen molar-refractivity contribution in [2.75, 3.05) is 0 Å². The van der Waals surface area contributed by atoms with E-state index >= 15 is 0 Å². The summed E-state index contributed by atoms with van der Waals surface area (Å²) >= 11 is 0. The normalized spacial score (nSPS) is 21.9. The molecular formula is C19H26F2N2O4. The van der Waals surface area contributed by atoms with E-state index in [0.717, 1.165) is 5.56 Å². The topological polar surface area (TPSA) is 87.7 Å². The lowest BCUT2D eigenvalue weighted by Crippen LogP contribution is -2.62. The zero-order valence-corrected chi connectivity index (χ0v) is 15.5. The summed E-state index contributed by atoms with van der Waals surface area (Å²) in [5, 5.41) is 13.1. The Morgan fingerprint density at radius 3 is 2.56 bits per heavy atom. The molecule has 8 heteroatoms. The Bertz CT molecular complexity index is 652.